The Balaban J connectivity index is 0. The van der Waals surface area contributed by atoms with Crippen LogP contribution in [0.5, 0.6) is 0 Å². The van der Waals surface area contributed by atoms with Crippen LogP contribution in [0.15, 0.2) is 16.5 Å². The summed E-state index contributed by atoms with van der Waals surface area (Å²) in [6.45, 7) is 8.73. The molecule has 0 aliphatic carbocycles. The van der Waals surface area contributed by atoms with Gasteiger partial charge in [-0.25, -0.2) is 4.90 Å². The zero-order valence-electron chi connectivity index (χ0n) is 17.8. The first kappa shape index (κ1) is 33.3. The predicted octanol–water partition coefficient (Wildman–Crippen LogP) is 3.29. The van der Waals surface area contributed by atoms with E-state index in [0.29, 0.717) is 11.1 Å². The van der Waals surface area contributed by atoms with Crippen LogP contribution < -0.4 is 4.90 Å². The number of rotatable bonds is 3. The number of carbonyl (C=O) groups excluding carboxylic acids is 2. The van der Waals surface area contributed by atoms with Crippen molar-refractivity contribution in [2.75, 3.05) is 4.90 Å². The molecule has 0 saturated carbocycles. The van der Waals surface area contributed by atoms with Gasteiger partial charge in [0.05, 0.1) is 0 Å². The molecule has 154 valence electrons. The molecule has 3 aromatic rings. The minimum absolute atomic E-state index is 0. The average Bonchev–Trinajstić information content (AvgIpc) is 3.00. The van der Waals surface area contributed by atoms with Gasteiger partial charge in [0.25, 0.3) is 0 Å². The van der Waals surface area contributed by atoms with Crippen molar-refractivity contribution in [1.82, 2.24) is 10.2 Å². The molecule has 0 fully saturated rings. The molecule has 31 heavy (non-hydrogen) atoms. The van der Waals surface area contributed by atoms with Gasteiger partial charge in [-0.05, 0) is 0 Å². The molecule has 3 rings (SSSR count). The fourth-order valence-corrected chi connectivity index (χ4v) is 2.67. The first-order valence-corrected chi connectivity index (χ1v) is 8.29. The van der Waals surface area contributed by atoms with Crippen molar-refractivity contribution >= 4 is 17.8 Å². The number of imide groups is 1. The minimum Gasteiger partial charge on any atom is -0.408 e. The summed E-state index contributed by atoms with van der Waals surface area (Å²) in [7, 11) is 0. The summed E-state index contributed by atoms with van der Waals surface area (Å²) in [6.07, 6.45) is 0. The van der Waals surface area contributed by atoms with Crippen molar-refractivity contribution < 1.29 is 117 Å². The van der Waals surface area contributed by atoms with Gasteiger partial charge >= 0.3 is 6.01 Å². The van der Waals surface area contributed by atoms with Gasteiger partial charge in [-0.2, -0.15) is 11.1 Å². The molecule has 6 nitrogen and oxygen atoms in total. The maximum absolute atomic E-state index is 13.2. The van der Waals surface area contributed by atoms with Crippen molar-refractivity contribution in [3.63, 3.8) is 0 Å². The normalized spacial score (nSPS) is 9.32. The quantitative estimate of drug-likeness (QED) is 0.325. The maximum atomic E-state index is 13.2. The Bertz CT molecular complexity index is 995. The standard InChI is InChI=1S/C21H17N3O3.2V.2Y/c1-12-6-8-17(14(3)10-12)19(25)24(21-23-22-16(5)27-21)20(26)18-9-7-13(2)11-15(18)4;;;;/h8-9H,1-5H3;;;;/q-4;;;;. The second-order valence-corrected chi connectivity index (χ2v) is 6.20. The minimum atomic E-state index is -0.589. The van der Waals surface area contributed by atoms with E-state index in [1.54, 1.807) is 20.8 Å². The van der Waals surface area contributed by atoms with Crippen LogP contribution in [0.4, 0.5) is 6.01 Å². The Morgan fingerprint density at radius 2 is 1.23 bits per heavy atom. The maximum Gasteiger partial charge on any atom is 0.329 e. The van der Waals surface area contributed by atoms with Crippen molar-refractivity contribution in [2.24, 2.45) is 0 Å². The summed E-state index contributed by atoms with van der Waals surface area (Å²) in [4.78, 5) is 27.3. The fraction of sp³-hybridized carbons (Fsp3) is 0.238. The van der Waals surface area contributed by atoms with Gasteiger partial charge in [-0.15, -0.1) is 5.10 Å². The van der Waals surface area contributed by atoms with Crippen molar-refractivity contribution in [3.05, 3.63) is 75.7 Å². The number of anilines is 1. The molecule has 0 saturated heterocycles. The zero-order valence-corrected chi connectivity index (χ0v) is 26.2. The van der Waals surface area contributed by atoms with E-state index in [0.717, 1.165) is 16.0 Å². The smallest absolute Gasteiger partial charge is 0.329 e. The molecule has 2 aromatic carbocycles. The second-order valence-electron chi connectivity index (χ2n) is 6.20. The van der Waals surface area contributed by atoms with Gasteiger partial charge in [0.15, 0.2) is 11.8 Å². The molecule has 2 amide bonds. The summed E-state index contributed by atoms with van der Waals surface area (Å²) < 4.78 is 5.38. The van der Waals surface area contributed by atoms with Crippen LogP contribution in [0, 0.1) is 58.9 Å². The third kappa shape index (κ3) is 7.83. The summed E-state index contributed by atoms with van der Waals surface area (Å²) in [5, 5.41) is 7.60. The molecule has 4 radical (unpaired) electrons. The average molecular weight is 639 g/mol. The number of carbonyl (C=O) groups is 2. The summed E-state index contributed by atoms with van der Waals surface area (Å²) in [5.41, 5.74) is 3.31. The van der Waals surface area contributed by atoms with Gasteiger partial charge < -0.3 is 28.7 Å². The van der Waals surface area contributed by atoms with Gasteiger partial charge in [-0.1, -0.05) is 32.8 Å². The van der Waals surface area contributed by atoms with Gasteiger partial charge in [0, 0.05) is 109 Å². The predicted molar refractivity (Wildman–Crippen MR) is 97.4 cm³/mol. The summed E-state index contributed by atoms with van der Waals surface area (Å²) in [5.74, 6) is -0.935. The number of amides is 2. The van der Waals surface area contributed by atoms with E-state index in [1.807, 2.05) is 13.8 Å². The van der Waals surface area contributed by atoms with Gasteiger partial charge in [0.2, 0.25) is 5.89 Å². The van der Waals surface area contributed by atoms with E-state index in [1.165, 1.54) is 12.1 Å². The van der Waals surface area contributed by atoms with Crippen LogP contribution in [0.2, 0.25) is 0 Å². The Morgan fingerprint density at radius 1 is 0.806 bits per heavy atom. The molecule has 0 atom stereocenters. The number of hydrogen-bond donors (Lipinski definition) is 0. The van der Waals surface area contributed by atoms with Crippen molar-refractivity contribution in [3.8, 4) is 0 Å². The molecular formula is C21H17N3O3V2Y2-4. The van der Waals surface area contributed by atoms with Gasteiger partial charge in [-0.3, -0.25) is 44.0 Å². The third-order valence-corrected chi connectivity index (χ3v) is 4.00. The molecule has 0 aliphatic rings. The summed E-state index contributed by atoms with van der Waals surface area (Å²) in [6, 6.07) is 14.8. The molecule has 1 heterocycles. The van der Waals surface area contributed by atoms with Crippen molar-refractivity contribution in [2.45, 2.75) is 34.6 Å². The first-order chi connectivity index (χ1) is 12.8. The van der Waals surface area contributed by atoms with Crippen LogP contribution in [0.1, 0.15) is 48.9 Å². The zero-order chi connectivity index (χ0) is 19.7. The monoisotopic (exact) mass is 639 g/mol. The molecule has 0 unspecified atom stereocenters. The van der Waals surface area contributed by atoms with E-state index in [-0.39, 0.29) is 126 Å². The van der Waals surface area contributed by atoms with Crippen LogP contribution in [-0.4, -0.2) is 22.0 Å². The Morgan fingerprint density at radius 3 is 1.55 bits per heavy atom. The number of aromatic nitrogens is 2. The van der Waals surface area contributed by atoms with E-state index in [4.69, 9.17) is 4.42 Å². The van der Waals surface area contributed by atoms with Crippen LogP contribution in [0.3, 0.4) is 0 Å². The van der Waals surface area contributed by atoms with Gasteiger partial charge in [0.1, 0.15) is 0 Å². The van der Waals surface area contributed by atoms with Crippen LogP contribution in [0.25, 0.3) is 0 Å². The van der Waals surface area contributed by atoms with E-state index in [2.05, 4.69) is 34.5 Å². The molecule has 10 heteroatoms. The molecule has 0 aliphatic heterocycles. The second kappa shape index (κ2) is 14.4. The van der Waals surface area contributed by atoms with E-state index >= 15 is 0 Å². The van der Waals surface area contributed by atoms with Crippen LogP contribution in [-0.2, 0) is 103 Å². The first-order valence-electron chi connectivity index (χ1n) is 8.29. The molecular weight excluding hydrogens is 622 g/mol. The molecule has 0 spiro atoms. The van der Waals surface area contributed by atoms with Crippen molar-refractivity contribution in [1.29, 1.82) is 0 Å². The fourth-order valence-electron chi connectivity index (χ4n) is 2.67. The number of benzene rings is 2. The Hall–Kier alpha value is 0.0966. The SMILES string of the molecule is Cc1[c-]cc(C(=O)N(C(=O)c2c[c-]c(C)[c-]c2C)c2nnc(C)o2)c(C)[c-]1.[V].[V].[Y].[Y]. The molecule has 0 N–H and O–H groups in total. The number of nitrogens with zero attached hydrogens (tertiary/aromatic N) is 3. The Kier molecular flexibility index (Phi) is 15.4. The number of aryl methyl sites for hydroxylation is 5. The van der Waals surface area contributed by atoms with E-state index < -0.39 is 11.8 Å². The molecule has 0 bridgehead atoms. The Labute approximate surface area is 256 Å². The summed E-state index contributed by atoms with van der Waals surface area (Å²) >= 11 is 0. The third-order valence-electron chi connectivity index (χ3n) is 4.00. The van der Waals surface area contributed by atoms with Crippen LogP contribution >= 0.6 is 0 Å². The van der Waals surface area contributed by atoms with E-state index in [9.17, 15) is 9.59 Å². The largest absolute Gasteiger partial charge is 0.408 e. The topological polar surface area (TPSA) is 76.3 Å². The number of hydrogen-bond acceptors (Lipinski definition) is 5. The molecule has 1 aromatic heterocycles.